The van der Waals surface area contributed by atoms with Crippen LogP contribution in [-0.4, -0.2) is 57.5 Å². The molecule has 1 amide bonds. The van der Waals surface area contributed by atoms with Gasteiger partial charge in [-0.05, 0) is 71.1 Å². The van der Waals surface area contributed by atoms with Gasteiger partial charge in [0.25, 0.3) is 5.91 Å². The highest BCUT2D eigenvalue weighted by molar-refractivity contribution is 14.1. The smallest absolute Gasteiger partial charge is 0.338 e. The van der Waals surface area contributed by atoms with Gasteiger partial charge in [-0.15, -0.1) is 0 Å². The number of sulfonamides is 1. The summed E-state index contributed by atoms with van der Waals surface area (Å²) >= 11 is 2.15. The summed E-state index contributed by atoms with van der Waals surface area (Å²) in [6, 6.07) is 12.6. The van der Waals surface area contributed by atoms with Gasteiger partial charge in [-0.1, -0.05) is 0 Å². The largest absolute Gasteiger partial charge is 0.452 e. The highest BCUT2D eigenvalue weighted by Crippen LogP contribution is 2.18. The summed E-state index contributed by atoms with van der Waals surface area (Å²) in [5, 5.41) is 2.63. The van der Waals surface area contributed by atoms with Gasteiger partial charge in [0.15, 0.2) is 6.61 Å². The molecule has 0 saturated carbocycles. The second-order valence-electron chi connectivity index (χ2n) is 6.17. The molecular weight excluding hydrogens is 511 g/mol. The lowest BCUT2D eigenvalue weighted by Gasteiger charge is -2.26. The highest BCUT2D eigenvalue weighted by Gasteiger charge is 2.26. The quantitative estimate of drug-likeness (QED) is 0.454. The van der Waals surface area contributed by atoms with E-state index in [0.29, 0.717) is 32.0 Å². The number of benzene rings is 2. The molecule has 0 spiro atoms. The number of morpholine rings is 1. The Balaban J connectivity index is 1.56. The topological polar surface area (TPSA) is 102 Å². The van der Waals surface area contributed by atoms with Gasteiger partial charge >= 0.3 is 5.97 Å². The zero-order valence-electron chi connectivity index (χ0n) is 15.3. The zero-order valence-corrected chi connectivity index (χ0v) is 18.3. The van der Waals surface area contributed by atoms with Gasteiger partial charge in [-0.25, -0.2) is 13.2 Å². The SMILES string of the molecule is O=C(COC(=O)c1ccc(S(=O)(=O)N2CCOCC2)cc1)Nc1ccc(I)cc1. The highest BCUT2D eigenvalue weighted by atomic mass is 127. The fraction of sp³-hybridized carbons (Fsp3) is 0.263. The van der Waals surface area contributed by atoms with Crippen molar-refractivity contribution in [2.24, 2.45) is 0 Å². The molecule has 8 nitrogen and oxygen atoms in total. The van der Waals surface area contributed by atoms with E-state index in [2.05, 4.69) is 27.9 Å². The molecule has 0 atom stereocenters. The van der Waals surface area contributed by atoms with Crippen LogP contribution in [0.2, 0.25) is 0 Å². The van der Waals surface area contributed by atoms with Crippen LogP contribution in [0.5, 0.6) is 0 Å². The van der Waals surface area contributed by atoms with E-state index in [0.717, 1.165) is 3.57 Å². The van der Waals surface area contributed by atoms with Crippen LogP contribution in [-0.2, 0) is 24.3 Å². The number of carbonyl (C=O) groups excluding carboxylic acids is 2. The van der Waals surface area contributed by atoms with Crippen LogP contribution in [0.25, 0.3) is 0 Å². The number of nitrogens with zero attached hydrogens (tertiary/aromatic N) is 1. The van der Waals surface area contributed by atoms with Crippen molar-refractivity contribution >= 4 is 50.2 Å². The Hall–Kier alpha value is -2.02. The molecule has 1 aliphatic heterocycles. The summed E-state index contributed by atoms with van der Waals surface area (Å²) in [6.07, 6.45) is 0. The molecule has 10 heteroatoms. The Labute approximate surface area is 182 Å². The molecule has 2 aromatic rings. The van der Waals surface area contributed by atoms with Crippen molar-refractivity contribution in [2.45, 2.75) is 4.90 Å². The first-order valence-corrected chi connectivity index (χ1v) is 11.3. The molecule has 29 heavy (non-hydrogen) atoms. The minimum Gasteiger partial charge on any atom is -0.452 e. The van der Waals surface area contributed by atoms with E-state index in [4.69, 9.17) is 9.47 Å². The third kappa shape index (κ3) is 5.75. The van der Waals surface area contributed by atoms with E-state index < -0.39 is 28.5 Å². The Bertz CT molecular complexity index is 971. The summed E-state index contributed by atoms with van der Waals surface area (Å²) in [6.45, 7) is 0.851. The van der Waals surface area contributed by atoms with Crippen LogP contribution in [0.1, 0.15) is 10.4 Å². The van der Waals surface area contributed by atoms with Crippen LogP contribution >= 0.6 is 22.6 Å². The van der Waals surface area contributed by atoms with Crippen molar-refractivity contribution in [2.75, 3.05) is 38.2 Å². The lowest BCUT2D eigenvalue weighted by Crippen LogP contribution is -2.40. The summed E-state index contributed by atoms with van der Waals surface area (Å²) in [4.78, 5) is 24.1. The predicted octanol–water partition coefficient (Wildman–Crippen LogP) is 2.11. The number of ether oxygens (including phenoxy) is 2. The summed E-state index contributed by atoms with van der Waals surface area (Å²) in [5.41, 5.74) is 0.761. The molecule has 1 fully saturated rings. The van der Waals surface area contributed by atoms with Crippen molar-refractivity contribution < 1.29 is 27.5 Å². The third-order valence-electron chi connectivity index (χ3n) is 4.16. The summed E-state index contributed by atoms with van der Waals surface area (Å²) in [5.74, 6) is -1.18. The Morgan fingerprint density at radius 1 is 1.03 bits per heavy atom. The number of hydrogen-bond donors (Lipinski definition) is 1. The first kappa shape index (κ1) is 21.7. The summed E-state index contributed by atoms with van der Waals surface area (Å²) in [7, 11) is -3.63. The Morgan fingerprint density at radius 3 is 2.28 bits per heavy atom. The van der Waals surface area contributed by atoms with Crippen molar-refractivity contribution in [1.29, 1.82) is 0 Å². The third-order valence-corrected chi connectivity index (χ3v) is 6.79. The lowest BCUT2D eigenvalue weighted by molar-refractivity contribution is -0.119. The first-order chi connectivity index (χ1) is 13.9. The van der Waals surface area contributed by atoms with E-state index in [1.54, 1.807) is 12.1 Å². The fourth-order valence-corrected chi connectivity index (χ4v) is 4.41. The van der Waals surface area contributed by atoms with Crippen LogP contribution in [0.4, 0.5) is 5.69 Å². The number of amides is 1. The Morgan fingerprint density at radius 2 is 1.66 bits per heavy atom. The lowest BCUT2D eigenvalue weighted by atomic mass is 10.2. The molecule has 2 aromatic carbocycles. The minimum atomic E-state index is -3.63. The molecule has 1 saturated heterocycles. The van der Waals surface area contributed by atoms with Gasteiger partial charge in [-0.3, -0.25) is 4.79 Å². The molecule has 154 valence electrons. The predicted molar refractivity (Wildman–Crippen MR) is 114 cm³/mol. The van der Waals surface area contributed by atoms with Gasteiger partial charge < -0.3 is 14.8 Å². The van der Waals surface area contributed by atoms with Crippen LogP contribution < -0.4 is 5.32 Å². The second-order valence-corrected chi connectivity index (χ2v) is 9.36. The molecule has 0 aliphatic carbocycles. The van der Waals surface area contributed by atoms with E-state index in [9.17, 15) is 18.0 Å². The van der Waals surface area contributed by atoms with E-state index >= 15 is 0 Å². The van der Waals surface area contributed by atoms with Gasteiger partial charge in [-0.2, -0.15) is 4.31 Å². The monoisotopic (exact) mass is 530 g/mol. The molecule has 1 heterocycles. The maximum absolute atomic E-state index is 12.6. The van der Waals surface area contributed by atoms with Gasteiger partial charge in [0.1, 0.15) is 0 Å². The van der Waals surface area contributed by atoms with Gasteiger partial charge in [0.05, 0.1) is 23.7 Å². The molecule has 0 bridgehead atoms. The normalized spacial score (nSPS) is 14.9. The molecule has 0 aromatic heterocycles. The average Bonchev–Trinajstić information content (AvgIpc) is 2.74. The first-order valence-electron chi connectivity index (χ1n) is 8.77. The fourth-order valence-electron chi connectivity index (χ4n) is 2.64. The van der Waals surface area contributed by atoms with E-state index in [1.165, 1.54) is 28.6 Å². The number of anilines is 1. The van der Waals surface area contributed by atoms with Crippen molar-refractivity contribution in [3.05, 3.63) is 57.7 Å². The molecular formula is C19H19IN2O6S. The number of esters is 1. The van der Waals surface area contributed by atoms with E-state index in [1.807, 2.05) is 12.1 Å². The van der Waals surface area contributed by atoms with Crippen LogP contribution in [0.3, 0.4) is 0 Å². The molecule has 1 aliphatic rings. The average molecular weight is 530 g/mol. The standard InChI is InChI=1S/C19H19IN2O6S/c20-15-3-5-16(6-4-15)21-18(23)13-28-19(24)14-1-7-17(8-2-14)29(25,26)22-9-11-27-12-10-22/h1-8H,9-13H2,(H,21,23). The number of carbonyl (C=O) groups is 2. The number of rotatable bonds is 6. The number of nitrogens with one attached hydrogen (secondary N) is 1. The number of halogens is 1. The molecule has 3 rings (SSSR count). The van der Waals surface area contributed by atoms with Gasteiger partial charge in [0.2, 0.25) is 10.0 Å². The van der Waals surface area contributed by atoms with Crippen LogP contribution in [0.15, 0.2) is 53.4 Å². The molecule has 0 unspecified atom stereocenters. The van der Waals surface area contributed by atoms with Gasteiger partial charge in [0, 0.05) is 22.3 Å². The van der Waals surface area contributed by atoms with E-state index in [-0.39, 0.29) is 10.5 Å². The zero-order chi connectivity index (χ0) is 20.9. The van der Waals surface area contributed by atoms with Crippen LogP contribution in [0, 0.1) is 3.57 Å². The maximum atomic E-state index is 12.6. The molecule has 0 radical (unpaired) electrons. The Kier molecular flexibility index (Phi) is 7.22. The van der Waals surface area contributed by atoms with Crippen molar-refractivity contribution in [3.8, 4) is 0 Å². The van der Waals surface area contributed by atoms with Crippen molar-refractivity contribution in [3.63, 3.8) is 0 Å². The molecule has 1 N–H and O–H groups in total. The number of hydrogen-bond acceptors (Lipinski definition) is 6. The maximum Gasteiger partial charge on any atom is 0.338 e. The second kappa shape index (κ2) is 9.65. The minimum absolute atomic E-state index is 0.0902. The van der Waals surface area contributed by atoms with Crippen molar-refractivity contribution in [1.82, 2.24) is 4.31 Å². The summed E-state index contributed by atoms with van der Waals surface area (Å²) < 4.78 is 37.7.